The summed E-state index contributed by atoms with van der Waals surface area (Å²) in [7, 11) is 3.11. The topological polar surface area (TPSA) is 76.7 Å². The maximum absolute atomic E-state index is 11.7. The van der Waals surface area contributed by atoms with Crippen molar-refractivity contribution >= 4 is 11.8 Å². The molecule has 20 heavy (non-hydrogen) atoms. The van der Waals surface area contributed by atoms with E-state index in [1.807, 2.05) is 19.1 Å². The van der Waals surface area contributed by atoms with Crippen molar-refractivity contribution in [3.05, 3.63) is 29.8 Å². The molecule has 0 aliphatic carbocycles. The van der Waals surface area contributed by atoms with Gasteiger partial charge in [0, 0.05) is 13.7 Å². The fourth-order valence-corrected chi connectivity index (χ4v) is 1.59. The van der Waals surface area contributed by atoms with E-state index >= 15 is 0 Å². The Morgan fingerprint density at radius 3 is 2.35 bits per heavy atom. The van der Waals surface area contributed by atoms with Crippen molar-refractivity contribution in [1.82, 2.24) is 10.6 Å². The molecule has 0 aliphatic heterocycles. The molecule has 0 aliphatic rings. The number of benzene rings is 1. The SMILES string of the molecule is COCCNC(=O)C(=O)N[C@@H](C)c1ccc(OC)cc1. The number of hydrogen-bond donors (Lipinski definition) is 2. The number of carbonyl (C=O) groups is 2. The molecular formula is C14H20N2O4. The van der Waals surface area contributed by atoms with Crippen LogP contribution in [0.25, 0.3) is 0 Å². The van der Waals surface area contributed by atoms with Crippen LogP contribution in [0.3, 0.4) is 0 Å². The zero-order valence-electron chi connectivity index (χ0n) is 11.9. The van der Waals surface area contributed by atoms with Gasteiger partial charge in [0.05, 0.1) is 19.8 Å². The minimum absolute atomic E-state index is 0.262. The molecule has 0 bridgehead atoms. The Morgan fingerprint density at radius 1 is 1.15 bits per heavy atom. The second kappa shape index (κ2) is 8.16. The van der Waals surface area contributed by atoms with Gasteiger partial charge < -0.3 is 20.1 Å². The Balaban J connectivity index is 2.49. The van der Waals surface area contributed by atoms with Crippen LogP contribution in [0.15, 0.2) is 24.3 Å². The van der Waals surface area contributed by atoms with Crippen LogP contribution >= 0.6 is 0 Å². The molecule has 2 N–H and O–H groups in total. The summed E-state index contributed by atoms with van der Waals surface area (Å²) in [5, 5.41) is 5.09. The summed E-state index contributed by atoms with van der Waals surface area (Å²) in [6.45, 7) is 2.48. The van der Waals surface area contributed by atoms with E-state index in [1.165, 1.54) is 7.11 Å². The standard InChI is InChI=1S/C14H20N2O4/c1-10(11-4-6-12(20-3)7-5-11)16-14(18)13(17)15-8-9-19-2/h4-7,10H,8-9H2,1-3H3,(H,15,17)(H,16,18)/t10-/m0/s1. The second-order valence-electron chi connectivity index (χ2n) is 4.22. The molecule has 0 heterocycles. The van der Waals surface area contributed by atoms with Gasteiger partial charge in [-0.3, -0.25) is 9.59 Å². The van der Waals surface area contributed by atoms with Gasteiger partial charge in [-0.15, -0.1) is 0 Å². The Bertz CT molecular complexity index is 445. The van der Waals surface area contributed by atoms with Gasteiger partial charge in [0.25, 0.3) is 0 Å². The number of nitrogens with one attached hydrogen (secondary N) is 2. The van der Waals surface area contributed by atoms with Crippen LogP contribution in [0.1, 0.15) is 18.5 Å². The highest BCUT2D eigenvalue weighted by molar-refractivity contribution is 6.35. The highest BCUT2D eigenvalue weighted by atomic mass is 16.5. The Labute approximate surface area is 118 Å². The van der Waals surface area contributed by atoms with Gasteiger partial charge in [-0.05, 0) is 24.6 Å². The maximum Gasteiger partial charge on any atom is 0.309 e. The van der Waals surface area contributed by atoms with Crippen LogP contribution in [0.2, 0.25) is 0 Å². The van der Waals surface area contributed by atoms with Crippen LogP contribution in [0, 0.1) is 0 Å². The summed E-state index contributed by atoms with van der Waals surface area (Å²) in [5.41, 5.74) is 0.892. The summed E-state index contributed by atoms with van der Waals surface area (Å²) in [5.74, 6) is -0.587. The molecule has 0 spiro atoms. The lowest BCUT2D eigenvalue weighted by molar-refractivity contribution is -0.139. The quantitative estimate of drug-likeness (QED) is 0.592. The van der Waals surface area contributed by atoms with Gasteiger partial charge in [0.15, 0.2) is 0 Å². The van der Waals surface area contributed by atoms with Crippen LogP contribution < -0.4 is 15.4 Å². The zero-order chi connectivity index (χ0) is 15.0. The predicted molar refractivity (Wildman–Crippen MR) is 74.4 cm³/mol. The molecule has 1 rings (SSSR count). The summed E-state index contributed by atoms with van der Waals surface area (Å²) in [6.07, 6.45) is 0. The fraction of sp³-hybridized carbons (Fsp3) is 0.429. The number of rotatable bonds is 6. The van der Waals surface area contributed by atoms with Crippen molar-refractivity contribution in [2.75, 3.05) is 27.4 Å². The minimum Gasteiger partial charge on any atom is -0.497 e. The second-order valence-corrected chi connectivity index (χ2v) is 4.22. The van der Waals surface area contributed by atoms with Gasteiger partial charge in [0.2, 0.25) is 0 Å². The number of ether oxygens (including phenoxy) is 2. The van der Waals surface area contributed by atoms with Gasteiger partial charge >= 0.3 is 11.8 Å². The number of methoxy groups -OCH3 is 2. The fourth-order valence-electron chi connectivity index (χ4n) is 1.59. The van der Waals surface area contributed by atoms with Crippen molar-refractivity contribution < 1.29 is 19.1 Å². The summed E-state index contributed by atoms with van der Waals surface area (Å²) >= 11 is 0. The minimum atomic E-state index is -0.664. The Morgan fingerprint density at radius 2 is 1.80 bits per heavy atom. The van der Waals surface area contributed by atoms with Crippen LogP contribution in [0.4, 0.5) is 0 Å². The van der Waals surface area contributed by atoms with Crippen LogP contribution in [-0.4, -0.2) is 39.2 Å². The Kier molecular flexibility index (Phi) is 6.52. The lowest BCUT2D eigenvalue weighted by Crippen LogP contribution is -2.41. The van der Waals surface area contributed by atoms with E-state index in [-0.39, 0.29) is 6.04 Å². The van der Waals surface area contributed by atoms with E-state index in [4.69, 9.17) is 9.47 Å². The van der Waals surface area contributed by atoms with Crippen LogP contribution in [-0.2, 0) is 14.3 Å². The monoisotopic (exact) mass is 280 g/mol. The molecule has 1 aromatic rings. The molecular weight excluding hydrogens is 260 g/mol. The van der Waals surface area contributed by atoms with E-state index in [9.17, 15) is 9.59 Å². The molecule has 0 saturated carbocycles. The summed E-state index contributed by atoms with van der Waals surface area (Å²) in [6, 6.07) is 7.02. The molecule has 110 valence electrons. The third-order valence-corrected chi connectivity index (χ3v) is 2.76. The number of amides is 2. The van der Waals surface area contributed by atoms with Crippen LogP contribution in [0.5, 0.6) is 5.75 Å². The lowest BCUT2D eigenvalue weighted by Gasteiger charge is -2.14. The molecule has 1 atom stereocenters. The normalized spacial score (nSPS) is 11.6. The zero-order valence-corrected chi connectivity index (χ0v) is 11.9. The lowest BCUT2D eigenvalue weighted by atomic mass is 10.1. The van der Waals surface area contributed by atoms with Gasteiger partial charge in [0.1, 0.15) is 5.75 Å². The molecule has 0 saturated heterocycles. The Hall–Kier alpha value is -2.08. The van der Waals surface area contributed by atoms with Crippen molar-refractivity contribution in [3.63, 3.8) is 0 Å². The molecule has 0 fully saturated rings. The first kappa shape index (κ1) is 16.0. The predicted octanol–water partition coefficient (Wildman–Crippen LogP) is 0.635. The highest BCUT2D eigenvalue weighted by Gasteiger charge is 2.16. The first-order valence-electron chi connectivity index (χ1n) is 6.30. The van der Waals surface area contributed by atoms with Gasteiger partial charge in [-0.25, -0.2) is 0 Å². The number of hydrogen-bond acceptors (Lipinski definition) is 4. The first-order valence-corrected chi connectivity index (χ1v) is 6.30. The first-order chi connectivity index (χ1) is 9.58. The van der Waals surface area contributed by atoms with Gasteiger partial charge in [-0.1, -0.05) is 12.1 Å². The van der Waals surface area contributed by atoms with E-state index in [1.54, 1.807) is 19.2 Å². The number of carbonyl (C=O) groups excluding carboxylic acids is 2. The summed E-state index contributed by atoms with van der Waals surface area (Å²) < 4.78 is 9.85. The van der Waals surface area contributed by atoms with Crippen molar-refractivity contribution in [2.45, 2.75) is 13.0 Å². The molecule has 0 aromatic heterocycles. The highest BCUT2D eigenvalue weighted by Crippen LogP contribution is 2.16. The average molecular weight is 280 g/mol. The van der Waals surface area contributed by atoms with E-state index in [2.05, 4.69) is 10.6 Å². The smallest absolute Gasteiger partial charge is 0.309 e. The molecule has 6 nitrogen and oxygen atoms in total. The van der Waals surface area contributed by atoms with Gasteiger partial charge in [-0.2, -0.15) is 0 Å². The largest absolute Gasteiger partial charge is 0.497 e. The van der Waals surface area contributed by atoms with E-state index < -0.39 is 11.8 Å². The van der Waals surface area contributed by atoms with E-state index in [0.29, 0.717) is 13.2 Å². The summed E-state index contributed by atoms with van der Waals surface area (Å²) in [4.78, 5) is 23.1. The molecule has 1 aromatic carbocycles. The third-order valence-electron chi connectivity index (χ3n) is 2.76. The molecule has 0 unspecified atom stereocenters. The molecule has 0 radical (unpaired) electrons. The maximum atomic E-state index is 11.7. The van der Waals surface area contributed by atoms with E-state index in [0.717, 1.165) is 11.3 Å². The molecule has 2 amide bonds. The van der Waals surface area contributed by atoms with Crippen molar-refractivity contribution in [2.24, 2.45) is 0 Å². The third kappa shape index (κ3) is 4.89. The average Bonchev–Trinajstić information content (AvgIpc) is 2.47. The van der Waals surface area contributed by atoms with Crippen molar-refractivity contribution in [1.29, 1.82) is 0 Å². The molecule has 6 heteroatoms. The van der Waals surface area contributed by atoms with Crippen molar-refractivity contribution in [3.8, 4) is 5.75 Å².